The Kier molecular flexibility index (Phi) is 3.36. The summed E-state index contributed by atoms with van der Waals surface area (Å²) in [5, 5.41) is 5.21. The standard InChI is InChI=1S/C8H11BrN2/c1-11-7-5-8(10-11)4-2-3-6-9/h2,4-5,7H,3,6H2,1H3. The molecule has 11 heavy (non-hydrogen) atoms. The Hall–Kier alpha value is -0.570. The van der Waals surface area contributed by atoms with Crippen molar-refractivity contribution in [1.82, 2.24) is 9.78 Å². The van der Waals surface area contributed by atoms with Crippen molar-refractivity contribution in [3.63, 3.8) is 0 Å². The van der Waals surface area contributed by atoms with Crippen LogP contribution in [-0.4, -0.2) is 15.1 Å². The summed E-state index contributed by atoms with van der Waals surface area (Å²) in [7, 11) is 1.92. The quantitative estimate of drug-likeness (QED) is 0.707. The zero-order valence-electron chi connectivity index (χ0n) is 6.50. The summed E-state index contributed by atoms with van der Waals surface area (Å²) in [4.78, 5) is 0. The molecule has 1 heterocycles. The lowest BCUT2D eigenvalue weighted by Crippen LogP contribution is -1.86. The third-order valence-electron chi connectivity index (χ3n) is 1.30. The molecule has 0 fully saturated rings. The number of hydrogen-bond donors (Lipinski definition) is 0. The number of allylic oxidation sites excluding steroid dienone is 1. The minimum Gasteiger partial charge on any atom is -0.275 e. The lowest BCUT2D eigenvalue weighted by Gasteiger charge is -1.84. The van der Waals surface area contributed by atoms with Gasteiger partial charge in [-0.1, -0.05) is 22.0 Å². The number of nitrogens with zero attached hydrogens (tertiary/aromatic N) is 2. The molecule has 0 unspecified atom stereocenters. The Labute approximate surface area is 75.0 Å². The fourth-order valence-electron chi connectivity index (χ4n) is 0.789. The first-order chi connectivity index (χ1) is 5.33. The van der Waals surface area contributed by atoms with E-state index in [-0.39, 0.29) is 0 Å². The number of halogens is 1. The largest absolute Gasteiger partial charge is 0.275 e. The van der Waals surface area contributed by atoms with E-state index in [1.807, 2.05) is 25.4 Å². The summed E-state index contributed by atoms with van der Waals surface area (Å²) >= 11 is 3.35. The monoisotopic (exact) mass is 214 g/mol. The van der Waals surface area contributed by atoms with Gasteiger partial charge in [0.25, 0.3) is 0 Å². The van der Waals surface area contributed by atoms with E-state index in [9.17, 15) is 0 Å². The zero-order chi connectivity index (χ0) is 8.10. The maximum Gasteiger partial charge on any atom is 0.0847 e. The third-order valence-corrected chi connectivity index (χ3v) is 1.76. The predicted molar refractivity (Wildman–Crippen MR) is 50.7 cm³/mol. The van der Waals surface area contributed by atoms with Gasteiger partial charge in [0.2, 0.25) is 0 Å². The molecule has 0 saturated carbocycles. The Morgan fingerprint density at radius 3 is 3.09 bits per heavy atom. The highest BCUT2D eigenvalue weighted by molar-refractivity contribution is 9.09. The molecule has 3 heteroatoms. The van der Waals surface area contributed by atoms with E-state index < -0.39 is 0 Å². The van der Waals surface area contributed by atoms with Crippen LogP contribution in [0.1, 0.15) is 12.1 Å². The Bertz CT molecular complexity index is 240. The molecule has 0 radical (unpaired) electrons. The van der Waals surface area contributed by atoms with Gasteiger partial charge >= 0.3 is 0 Å². The molecule has 0 aliphatic carbocycles. The van der Waals surface area contributed by atoms with Crippen LogP contribution in [0.4, 0.5) is 0 Å². The normalized spacial score (nSPS) is 11.1. The number of rotatable bonds is 3. The van der Waals surface area contributed by atoms with Crippen LogP contribution in [0.25, 0.3) is 6.08 Å². The maximum atomic E-state index is 4.20. The lowest BCUT2D eigenvalue weighted by atomic mass is 10.3. The SMILES string of the molecule is Cn1ccc(C=CCCBr)n1. The topological polar surface area (TPSA) is 17.8 Å². The number of aryl methyl sites for hydroxylation is 1. The van der Waals surface area contributed by atoms with Gasteiger partial charge in [-0.15, -0.1) is 0 Å². The molecule has 60 valence electrons. The summed E-state index contributed by atoms with van der Waals surface area (Å²) < 4.78 is 1.80. The van der Waals surface area contributed by atoms with Crippen molar-refractivity contribution in [1.29, 1.82) is 0 Å². The van der Waals surface area contributed by atoms with Crippen LogP contribution in [0.15, 0.2) is 18.3 Å². The molecule has 0 amide bonds. The smallest absolute Gasteiger partial charge is 0.0847 e. The Morgan fingerprint density at radius 2 is 2.55 bits per heavy atom. The lowest BCUT2D eigenvalue weighted by molar-refractivity contribution is 0.764. The molecule has 0 saturated heterocycles. The first-order valence-electron chi connectivity index (χ1n) is 3.55. The highest BCUT2D eigenvalue weighted by Gasteiger charge is 1.87. The van der Waals surface area contributed by atoms with Gasteiger partial charge in [0.1, 0.15) is 0 Å². The van der Waals surface area contributed by atoms with Crippen molar-refractivity contribution in [3.05, 3.63) is 24.0 Å². The first kappa shape index (κ1) is 8.53. The molecule has 0 aromatic carbocycles. The molecule has 2 nitrogen and oxygen atoms in total. The van der Waals surface area contributed by atoms with E-state index in [0.29, 0.717) is 0 Å². The molecule has 1 aromatic rings. The molecule has 0 aliphatic rings. The average molecular weight is 215 g/mol. The highest BCUT2D eigenvalue weighted by Crippen LogP contribution is 1.99. The fourth-order valence-corrected chi connectivity index (χ4v) is 1.05. The van der Waals surface area contributed by atoms with Crippen LogP contribution in [-0.2, 0) is 7.05 Å². The molecule has 0 N–H and O–H groups in total. The van der Waals surface area contributed by atoms with Crippen LogP contribution >= 0.6 is 15.9 Å². The van der Waals surface area contributed by atoms with Crippen LogP contribution in [0.2, 0.25) is 0 Å². The summed E-state index contributed by atoms with van der Waals surface area (Å²) in [5.41, 5.74) is 1.02. The van der Waals surface area contributed by atoms with E-state index in [4.69, 9.17) is 0 Å². The van der Waals surface area contributed by atoms with E-state index >= 15 is 0 Å². The third kappa shape index (κ3) is 2.89. The second kappa shape index (κ2) is 4.34. The van der Waals surface area contributed by atoms with E-state index in [1.54, 1.807) is 4.68 Å². The first-order valence-corrected chi connectivity index (χ1v) is 4.67. The maximum absolute atomic E-state index is 4.20. The fraction of sp³-hybridized carbons (Fsp3) is 0.375. The van der Waals surface area contributed by atoms with Crippen molar-refractivity contribution in [2.45, 2.75) is 6.42 Å². The summed E-state index contributed by atoms with van der Waals surface area (Å²) in [6, 6.07) is 1.99. The van der Waals surface area contributed by atoms with Crippen molar-refractivity contribution >= 4 is 22.0 Å². The predicted octanol–water partition coefficient (Wildman–Crippen LogP) is 2.22. The molecule has 0 aliphatic heterocycles. The zero-order valence-corrected chi connectivity index (χ0v) is 8.08. The summed E-state index contributed by atoms with van der Waals surface area (Å²) in [6.45, 7) is 0. The van der Waals surface area contributed by atoms with Gasteiger partial charge < -0.3 is 0 Å². The summed E-state index contributed by atoms with van der Waals surface area (Å²) in [6.07, 6.45) is 7.13. The van der Waals surface area contributed by atoms with E-state index in [2.05, 4.69) is 27.1 Å². The van der Waals surface area contributed by atoms with Crippen molar-refractivity contribution in [2.24, 2.45) is 7.05 Å². The van der Waals surface area contributed by atoms with Gasteiger partial charge in [-0.3, -0.25) is 4.68 Å². The molecule has 1 aromatic heterocycles. The van der Waals surface area contributed by atoms with Gasteiger partial charge in [-0.05, 0) is 18.6 Å². The van der Waals surface area contributed by atoms with Crippen LogP contribution in [0.5, 0.6) is 0 Å². The van der Waals surface area contributed by atoms with Crippen molar-refractivity contribution < 1.29 is 0 Å². The van der Waals surface area contributed by atoms with Gasteiger partial charge in [-0.2, -0.15) is 5.10 Å². The van der Waals surface area contributed by atoms with Gasteiger partial charge in [0.15, 0.2) is 0 Å². The van der Waals surface area contributed by atoms with Crippen LogP contribution < -0.4 is 0 Å². The van der Waals surface area contributed by atoms with Gasteiger partial charge in [0.05, 0.1) is 5.69 Å². The Morgan fingerprint density at radius 1 is 1.73 bits per heavy atom. The minimum absolute atomic E-state index is 1.01. The molecular weight excluding hydrogens is 204 g/mol. The number of alkyl halides is 1. The van der Waals surface area contributed by atoms with Gasteiger partial charge in [0, 0.05) is 18.6 Å². The Balaban J connectivity index is 2.50. The second-order valence-electron chi connectivity index (χ2n) is 2.29. The van der Waals surface area contributed by atoms with Crippen molar-refractivity contribution in [3.8, 4) is 0 Å². The van der Waals surface area contributed by atoms with Crippen molar-refractivity contribution in [2.75, 3.05) is 5.33 Å². The molecule has 0 bridgehead atoms. The number of hydrogen-bond acceptors (Lipinski definition) is 1. The molecule has 0 atom stereocenters. The second-order valence-corrected chi connectivity index (χ2v) is 3.09. The van der Waals surface area contributed by atoms with Crippen LogP contribution in [0, 0.1) is 0 Å². The number of aromatic nitrogens is 2. The molecule has 1 rings (SSSR count). The van der Waals surface area contributed by atoms with Gasteiger partial charge in [-0.25, -0.2) is 0 Å². The highest BCUT2D eigenvalue weighted by atomic mass is 79.9. The van der Waals surface area contributed by atoms with E-state index in [0.717, 1.165) is 17.4 Å². The molecular formula is C8H11BrN2. The van der Waals surface area contributed by atoms with Crippen LogP contribution in [0.3, 0.4) is 0 Å². The molecule has 0 spiro atoms. The van der Waals surface area contributed by atoms with E-state index in [1.165, 1.54) is 0 Å². The average Bonchev–Trinajstić information content (AvgIpc) is 2.37. The summed E-state index contributed by atoms with van der Waals surface area (Å²) in [5.74, 6) is 0. The minimum atomic E-state index is 1.01.